The van der Waals surface area contributed by atoms with Gasteiger partial charge in [0.1, 0.15) is 11.3 Å². The summed E-state index contributed by atoms with van der Waals surface area (Å²) in [7, 11) is 0. The van der Waals surface area contributed by atoms with Gasteiger partial charge in [0.05, 0.1) is 20.7 Å². The molecule has 12 nitrogen and oxygen atoms in total. The van der Waals surface area contributed by atoms with E-state index in [9.17, 15) is 30.3 Å². The highest BCUT2D eigenvalue weighted by Gasteiger charge is 2.25. The normalized spacial score (nSPS) is 10.2. The Hall–Kier alpha value is -3.44. The minimum atomic E-state index is -0.924. The van der Waals surface area contributed by atoms with E-state index < -0.39 is 32.0 Å². The molecule has 0 saturated carbocycles. The van der Waals surface area contributed by atoms with Crippen LogP contribution in [0.25, 0.3) is 5.69 Å². The predicted molar refractivity (Wildman–Crippen MR) is 61.3 cm³/mol. The molecule has 0 atom stereocenters. The average Bonchev–Trinajstić information content (AvgIpc) is 2.87. The molecule has 1 aromatic heterocycles. The van der Waals surface area contributed by atoms with Crippen molar-refractivity contribution in [2.75, 3.05) is 0 Å². The van der Waals surface area contributed by atoms with Crippen LogP contribution in [0.1, 0.15) is 0 Å². The standard InChI is InChI=1S/C8H4N6O6/c15-12(16)6-2-1-5(3-7(6)13(17)18)11-4-8(9-10-11)14(19)20/h1-4H. The lowest BCUT2D eigenvalue weighted by Crippen LogP contribution is -2.00. The Morgan fingerprint density at radius 3 is 2.10 bits per heavy atom. The highest BCUT2D eigenvalue weighted by molar-refractivity contribution is 5.57. The molecule has 12 heteroatoms. The summed E-state index contributed by atoms with van der Waals surface area (Å²) in [6.07, 6.45) is 0.935. The zero-order chi connectivity index (χ0) is 14.9. The van der Waals surface area contributed by atoms with Gasteiger partial charge in [0.2, 0.25) is 0 Å². The summed E-state index contributed by atoms with van der Waals surface area (Å²) in [5.74, 6) is -0.550. The second-order valence-corrected chi connectivity index (χ2v) is 3.47. The topological polar surface area (TPSA) is 160 Å². The summed E-state index contributed by atoms with van der Waals surface area (Å²) in [5, 5.41) is 38.5. The van der Waals surface area contributed by atoms with Crippen molar-refractivity contribution < 1.29 is 14.8 Å². The smallest absolute Gasteiger partial charge is 0.358 e. The van der Waals surface area contributed by atoms with Gasteiger partial charge in [-0.2, -0.15) is 4.68 Å². The minimum absolute atomic E-state index is 0.0444. The molecule has 0 radical (unpaired) electrons. The summed E-state index contributed by atoms with van der Waals surface area (Å²) in [6.45, 7) is 0. The van der Waals surface area contributed by atoms with Crippen LogP contribution < -0.4 is 0 Å². The van der Waals surface area contributed by atoms with Crippen LogP contribution in [0.2, 0.25) is 0 Å². The van der Waals surface area contributed by atoms with Crippen LogP contribution >= 0.6 is 0 Å². The van der Waals surface area contributed by atoms with E-state index in [0.29, 0.717) is 0 Å². The van der Waals surface area contributed by atoms with E-state index in [1.807, 2.05) is 0 Å². The maximum atomic E-state index is 10.8. The summed E-state index contributed by atoms with van der Waals surface area (Å²) in [4.78, 5) is 29.3. The van der Waals surface area contributed by atoms with Crippen molar-refractivity contribution in [1.82, 2.24) is 15.0 Å². The van der Waals surface area contributed by atoms with Crippen LogP contribution in [0, 0.1) is 30.3 Å². The molecule has 20 heavy (non-hydrogen) atoms. The van der Waals surface area contributed by atoms with E-state index in [0.717, 1.165) is 23.0 Å². The number of hydrogen-bond acceptors (Lipinski definition) is 8. The van der Waals surface area contributed by atoms with Crippen molar-refractivity contribution in [3.8, 4) is 5.69 Å². The van der Waals surface area contributed by atoms with E-state index in [2.05, 4.69) is 10.3 Å². The Labute approximate surface area is 108 Å². The average molecular weight is 280 g/mol. The van der Waals surface area contributed by atoms with Crippen LogP contribution in [-0.2, 0) is 0 Å². The molecule has 1 heterocycles. The van der Waals surface area contributed by atoms with Crippen LogP contribution in [0.5, 0.6) is 0 Å². The highest BCUT2D eigenvalue weighted by Crippen LogP contribution is 2.28. The number of nitrogens with zero attached hydrogens (tertiary/aromatic N) is 6. The monoisotopic (exact) mass is 280 g/mol. The fraction of sp³-hybridized carbons (Fsp3) is 0. The maximum absolute atomic E-state index is 10.8. The molecule has 1 aromatic carbocycles. The first kappa shape index (κ1) is 13.0. The van der Waals surface area contributed by atoms with Gasteiger partial charge in [-0.1, -0.05) is 0 Å². The molecule has 2 aromatic rings. The van der Waals surface area contributed by atoms with E-state index in [1.54, 1.807) is 0 Å². The van der Waals surface area contributed by atoms with E-state index in [4.69, 9.17) is 0 Å². The molecule has 0 spiro atoms. The second-order valence-electron chi connectivity index (χ2n) is 3.47. The van der Waals surface area contributed by atoms with Crippen LogP contribution in [-0.4, -0.2) is 29.8 Å². The first-order valence-electron chi connectivity index (χ1n) is 4.90. The van der Waals surface area contributed by atoms with Gasteiger partial charge in [0.25, 0.3) is 0 Å². The molecule has 0 aliphatic heterocycles. The number of nitro benzene ring substituents is 2. The number of hydrogen-bond donors (Lipinski definition) is 0. The molecule has 102 valence electrons. The van der Waals surface area contributed by atoms with Crippen molar-refractivity contribution in [2.24, 2.45) is 0 Å². The molecular weight excluding hydrogens is 276 g/mol. The van der Waals surface area contributed by atoms with E-state index >= 15 is 0 Å². The molecule has 0 aliphatic carbocycles. The zero-order valence-electron chi connectivity index (χ0n) is 9.44. The Morgan fingerprint density at radius 1 is 0.950 bits per heavy atom. The maximum Gasteiger partial charge on any atom is 0.410 e. The van der Waals surface area contributed by atoms with Gasteiger partial charge in [-0.15, -0.1) is 0 Å². The summed E-state index contributed by atoms with van der Waals surface area (Å²) >= 11 is 0. The van der Waals surface area contributed by atoms with Gasteiger partial charge in [-0.3, -0.25) is 20.2 Å². The first-order chi connectivity index (χ1) is 9.40. The fourth-order valence-electron chi connectivity index (χ4n) is 1.42. The van der Waals surface area contributed by atoms with Gasteiger partial charge in [0, 0.05) is 12.1 Å². The van der Waals surface area contributed by atoms with Crippen LogP contribution in [0.4, 0.5) is 17.2 Å². The zero-order valence-corrected chi connectivity index (χ0v) is 9.44. The third kappa shape index (κ3) is 2.24. The van der Waals surface area contributed by atoms with Crippen molar-refractivity contribution in [3.05, 3.63) is 54.7 Å². The SMILES string of the molecule is O=[N+]([O-])c1cn(-c2ccc([N+](=O)[O-])c([N+](=O)[O-])c2)nn1. The quantitative estimate of drug-likeness (QED) is 0.591. The fourth-order valence-corrected chi connectivity index (χ4v) is 1.42. The molecule has 0 bridgehead atoms. The Kier molecular flexibility index (Phi) is 3.04. The molecule has 0 unspecified atom stereocenters. The third-order valence-electron chi connectivity index (χ3n) is 2.29. The molecule has 0 fully saturated rings. The lowest BCUT2D eigenvalue weighted by Gasteiger charge is -1.99. The number of rotatable bonds is 4. The van der Waals surface area contributed by atoms with Crippen LogP contribution in [0.15, 0.2) is 24.4 Å². The van der Waals surface area contributed by atoms with Gasteiger partial charge in [-0.05, 0) is 11.0 Å². The number of nitro groups is 3. The van der Waals surface area contributed by atoms with Crippen molar-refractivity contribution in [1.29, 1.82) is 0 Å². The van der Waals surface area contributed by atoms with Gasteiger partial charge in [0.15, 0.2) is 0 Å². The first-order valence-corrected chi connectivity index (χ1v) is 4.90. The Balaban J connectivity index is 2.52. The van der Waals surface area contributed by atoms with Gasteiger partial charge in [-0.25, -0.2) is 0 Å². The molecule has 0 saturated heterocycles. The van der Waals surface area contributed by atoms with Gasteiger partial charge < -0.3 is 10.1 Å². The van der Waals surface area contributed by atoms with Crippen LogP contribution in [0.3, 0.4) is 0 Å². The van der Waals surface area contributed by atoms with E-state index in [-0.39, 0.29) is 5.69 Å². The molecule has 2 rings (SSSR count). The van der Waals surface area contributed by atoms with Crippen molar-refractivity contribution >= 4 is 17.2 Å². The number of benzene rings is 1. The van der Waals surface area contributed by atoms with Gasteiger partial charge >= 0.3 is 17.2 Å². The highest BCUT2D eigenvalue weighted by atomic mass is 16.6. The predicted octanol–water partition coefficient (Wildman–Crippen LogP) is 0.992. The lowest BCUT2D eigenvalue weighted by atomic mass is 10.2. The Bertz CT molecular complexity index is 724. The Morgan fingerprint density at radius 2 is 1.60 bits per heavy atom. The van der Waals surface area contributed by atoms with E-state index in [1.165, 1.54) is 6.07 Å². The molecule has 0 amide bonds. The number of aromatic nitrogens is 3. The molecule has 0 N–H and O–H groups in total. The lowest BCUT2D eigenvalue weighted by molar-refractivity contribution is -0.422. The molecular formula is C8H4N6O6. The minimum Gasteiger partial charge on any atom is -0.358 e. The molecule has 0 aliphatic rings. The van der Waals surface area contributed by atoms with Crippen molar-refractivity contribution in [3.63, 3.8) is 0 Å². The third-order valence-corrected chi connectivity index (χ3v) is 2.29. The summed E-state index contributed by atoms with van der Waals surface area (Å²) in [6, 6.07) is 2.97. The van der Waals surface area contributed by atoms with Crippen molar-refractivity contribution in [2.45, 2.75) is 0 Å². The largest absolute Gasteiger partial charge is 0.410 e. The summed E-state index contributed by atoms with van der Waals surface area (Å²) < 4.78 is 0.912. The second kappa shape index (κ2) is 4.68. The summed E-state index contributed by atoms with van der Waals surface area (Å²) in [5.41, 5.74) is -1.39.